The smallest absolute Gasteiger partial charge is 0.225 e. The minimum absolute atomic E-state index is 0.187. The van der Waals surface area contributed by atoms with Gasteiger partial charge >= 0.3 is 0 Å². The predicted octanol–water partition coefficient (Wildman–Crippen LogP) is 1.92. The van der Waals surface area contributed by atoms with Crippen molar-refractivity contribution in [3.8, 4) is 0 Å². The first-order chi connectivity index (χ1) is 11.1. The number of piperidine rings is 2. The SMILES string of the molecule is CN1CCC(C(=O)N2CCC(O)(Cc3ccccc3)CC2)CC1. The van der Waals surface area contributed by atoms with E-state index in [-0.39, 0.29) is 5.92 Å². The van der Waals surface area contributed by atoms with Gasteiger partial charge in [0.2, 0.25) is 5.91 Å². The second kappa shape index (κ2) is 7.02. The highest BCUT2D eigenvalue weighted by atomic mass is 16.3. The first kappa shape index (κ1) is 16.5. The summed E-state index contributed by atoms with van der Waals surface area (Å²) in [6.45, 7) is 3.41. The molecule has 4 heteroatoms. The van der Waals surface area contributed by atoms with Gasteiger partial charge in [-0.1, -0.05) is 30.3 Å². The van der Waals surface area contributed by atoms with Crippen LogP contribution in [0.25, 0.3) is 0 Å². The van der Waals surface area contributed by atoms with Crippen LogP contribution in [0.2, 0.25) is 0 Å². The molecule has 2 heterocycles. The zero-order chi connectivity index (χ0) is 16.3. The molecule has 0 saturated carbocycles. The predicted molar refractivity (Wildman–Crippen MR) is 91.1 cm³/mol. The normalized spacial score (nSPS) is 23.0. The van der Waals surface area contributed by atoms with E-state index in [1.807, 2.05) is 23.1 Å². The Kier molecular flexibility index (Phi) is 5.02. The average Bonchev–Trinajstić information content (AvgIpc) is 2.56. The highest BCUT2D eigenvalue weighted by Crippen LogP contribution is 2.28. The maximum Gasteiger partial charge on any atom is 0.225 e. The highest BCUT2D eigenvalue weighted by molar-refractivity contribution is 5.79. The summed E-state index contributed by atoms with van der Waals surface area (Å²) in [5.41, 5.74) is 0.510. The number of nitrogens with zero attached hydrogens (tertiary/aromatic N) is 2. The molecular formula is C19H28N2O2. The molecule has 0 aliphatic carbocycles. The van der Waals surface area contributed by atoms with Gasteiger partial charge in [-0.25, -0.2) is 0 Å². The Labute approximate surface area is 139 Å². The number of aliphatic hydroxyl groups is 1. The molecule has 1 amide bonds. The van der Waals surface area contributed by atoms with Crippen LogP contribution in [0.4, 0.5) is 0 Å². The molecule has 126 valence electrons. The van der Waals surface area contributed by atoms with Gasteiger partial charge in [-0.2, -0.15) is 0 Å². The van der Waals surface area contributed by atoms with E-state index in [0.717, 1.165) is 25.9 Å². The van der Waals surface area contributed by atoms with Crippen molar-refractivity contribution >= 4 is 5.91 Å². The summed E-state index contributed by atoms with van der Waals surface area (Å²) in [5, 5.41) is 10.8. The maximum atomic E-state index is 12.7. The second-order valence-corrected chi connectivity index (χ2v) is 7.29. The van der Waals surface area contributed by atoms with E-state index in [2.05, 4.69) is 24.1 Å². The molecule has 3 rings (SSSR count). The molecule has 0 aromatic heterocycles. The van der Waals surface area contributed by atoms with Crippen LogP contribution >= 0.6 is 0 Å². The Balaban J connectivity index is 1.52. The lowest BCUT2D eigenvalue weighted by Gasteiger charge is -2.40. The molecule has 1 aromatic rings. The highest BCUT2D eigenvalue weighted by Gasteiger charge is 2.36. The molecule has 4 nitrogen and oxygen atoms in total. The van der Waals surface area contributed by atoms with Crippen molar-refractivity contribution in [3.63, 3.8) is 0 Å². The van der Waals surface area contributed by atoms with E-state index in [9.17, 15) is 9.90 Å². The lowest BCUT2D eigenvalue weighted by molar-refractivity contribution is -0.141. The third kappa shape index (κ3) is 4.12. The molecule has 0 atom stereocenters. The molecule has 2 aliphatic rings. The van der Waals surface area contributed by atoms with E-state index >= 15 is 0 Å². The van der Waals surface area contributed by atoms with Crippen LogP contribution in [-0.2, 0) is 11.2 Å². The minimum Gasteiger partial charge on any atom is -0.389 e. The van der Waals surface area contributed by atoms with Crippen LogP contribution < -0.4 is 0 Å². The molecule has 0 bridgehead atoms. The van der Waals surface area contributed by atoms with E-state index in [4.69, 9.17) is 0 Å². The van der Waals surface area contributed by atoms with Gasteiger partial charge in [0, 0.05) is 25.4 Å². The van der Waals surface area contributed by atoms with Crippen molar-refractivity contribution in [2.75, 3.05) is 33.2 Å². The molecule has 2 aliphatic heterocycles. The van der Waals surface area contributed by atoms with Crippen LogP contribution in [0.15, 0.2) is 30.3 Å². The second-order valence-electron chi connectivity index (χ2n) is 7.29. The Morgan fingerprint density at radius 2 is 1.74 bits per heavy atom. The van der Waals surface area contributed by atoms with Gasteiger partial charge in [-0.3, -0.25) is 4.79 Å². The summed E-state index contributed by atoms with van der Waals surface area (Å²) < 4.78 is 0. The molecule has 2 fully saturated rings. The van der Waals surface area contributed by atoms with Crippen molar-refractivity contribution in [1.82, 2.24) is 9.80 Å². The van der Waals surface area contributed by atoms with Crippen molar-refractivity contribution in [2.24, 2.45) is 5.92 Å². The number of carbonyl (C=O) groups is 1. The van der Waals surface area contributed by atoms with Crippen molar-refractivity contribution in [3.05, 3.63) is 35.9 Å². The van der Waals surface area contributed by atoms with Gasteiger partial charge in [-0.05, 0) is 51.4 Å². The fourth-order valence-corrected chi connectivity index (χ4v) is 3.81. The van der Waals surface area contributed by atoms with E-state index < -0.39 is 5.60 Å². The van der Waals surface area contributed by atoms with E-state index in [1.54, 1.807) is 0 Å². The number of benzene rings is 1. The van der Waals surface area contributed by atoms with Crippen LogP contribution in [0, 0.1) is 5.92 Å². The number of amides is 1. The molecule has 2 saturated heterocycles. The number of rotatable bonds is 3. The monoisotopic (exact) mass is 316 g/mol. The summed E-state index contributed by atoms with van der Waals surface area (Å²) in [4.78, 5) is 16.9. The third-order valence-corrected chi connectivity index (χ3v) is 5.45. The molecular weight excluding hydrogens is 288 g/mol. The molecule has 0 spiro atoms. The Bertz CT molecular complexity index is 515. The summed E-state index contributed by atoms with van der Waals surface area (Å²) in [6, 6.07) is 10.1. The summed E-state index contributed by atoms with van der Waals surface area (Å²) in [7, 11) is 2.12. The number of carbonyl (C=O) groups excluding carboxylic acids is 1. The fraction of sp³-hybridized carbons (Fsp3) is 0.632. The lowest BCUT2D eigenvalue weighted by Crippen LogP contribution is -2.50. The van der Waals surface area contributed by atoms with Gasteiger partial charge in [-0.15, -0.1) is 0 Å². The Morgan fingerprint density at radius 1 is 1.13 bits per heavy atom. The summed E-state index contributed by atoms with van der Waals surface area (Å²) in [5.74, 6) is 0.492. The largest absolute Gasteiger partial charge is 0.389 e. The Hall–Kier alpha value is -1.39. The zero-order valence-electron chi connectivity index (χ0n) is 14.1. The third-order valence-electron chi connectivity index (χ3n) is 5.45. The van der Waals surface area contributed by atoms with Gasteiger partial charge in [0.05, 0.1) is 5.60 Å². The number of hydrogen-bond acceptors (Lipinski definition) is 3. The molecule has 1 aromatic carbocycles. The van der Waals surface area contributed by atoms with E-state index in [1.165, 1.54) is 5.56 Å². The minimum atomic E-state index is -0.662. The first-order valence-corrected chi connectivity index (χ1v) is 8.79. The Morgan fingerprint density at radius 3 is 2.35 bits per heavy atom. The van der Waals surface area contributed by atoms with Crippen LogP contribution in [0.1, 0.15) is 31.2 Å². The van der Waals surface area contributed by atoms with Crippen LogP contribution in [-0.4, -0.2) is 59.6 Å². The number of likely N-dealkylation sites (tertiary alicyclic amines) is 2. The quantitative estimate of drug-likeness (QED) is 0.926. The van der Waals surface area contributed by atoms with Crippen molar-refractivity contribution < 1.29 is 9.90 Å². The topological polar surface area (TPSA) is 43.8 Å². The number of hydrogen-bond donors (Lipinski definition) is 1. The standard InChI is InChI=1S/C19H28N2O2/c1-20-11-7-17(8-12-20)18(22)21-13-9-19(23,10-14-21)15-16-5-3-2-4-6-16/h2-6,17,23H,7-15H2,1H3. The van der Waals surface area contributed by atoms with Gasteiger partial charge in [0.15, 0.2) is 0 Å². The lowest BCUT2D eigenvalue weighted by atomic mass is 9.84. The molecule has 0 radical (unpaired) electrons. The van der Waals surface area contributed by atoms with Crippen molar-refractivity contribution in [1.29, 1.82) is 0 Å². The summed E-state index contributed by atoms with van der Waals surface area (Å²) >= 11 is 0. The summed E-state index contributed by atoms with van der Waals surface area (Å²) in [6.07, 6.45) is 3.99. The fourth-order valence-electron chi connectivity index (χ4n) is 3.81. The first-order valence-electron chi connectivity index (χ1n) is 8.79. The van der Waals surface area contributed by atoms with Gasteiger partial charge in [0.1, 0.15) is 0 Å². The van der Waals surface area contributed by atoms with Crippen LogP contribution in [0.5, 0.6) is 0 Å². The zero-order valence-corrected chi connectivity index (χ0v) is 14.1. The molecule has 1 N–H and O–H groups in total. The van der Waals surface area contributed by atoms with Gasteiger partial charge in [0.25, 0.3) is 0 Å². The van der Waals surface area contributed by atoms with Crippen LogP contribution in [0.3, 0.4) is 0 Å². The maximum absolute atomic E-state index is 12.7. The molecule has 0 unspecified atom stereocenters. The van der Waals surface area contributed by atoms with Crippen molar-refractivity contribution in [2.45, 2.75) is 37.7 Å². The van der Waals surface area contributed by atoms with Gasteiger partial charge < -0.3 is 14.9 Å². The van der Waals surface area contributed by atoms with E-state index in [0.29, 0.717) is 38.3 Å². The molecule has 23 heavy (non-hydrogen) atoms. The average molecular weight is 316 g/mol.